The summed E-state index contributed by atoms with van der Waals surface area (Å²) in [5, 5.41) is 3.61. The molecule has 0 bridgehead atoms. The fraction of sp³-hybridized carbons (Fsp3) is 0.654. The molecule has 0 spiro atoms. The summed E-state index contributed by atoms with van der Waals surface area (Å²) in [4.78, 5) is 7.76. The molecule has 2 aliphatic rings. The average Bonchev–Trinajstić information content (AvgIpc) is 3.22. The van der Waals surface area contributed by atoms with Crippen molar-refractivity contribution in [3.05, 3.63) is 39.7 Å². The Kier molecular flexibility index (Phi) is 6.39. The molecule has 3 nitrogen and oxygen atoms in total. The van der Waals surface area contributed by atoms with Crippen LogP contribution in [0.1, 0.15) is 88.3 Å². The van der Waals surface area contributed by atoms with Crippen molar-refractivity contribution in [1.82, 2.24) is 9.88 Å². The third kappa shape index (κ3) is 4.51. The van der Waals surface area contributed by atoms with Crippen molar-refractivity contribution in [2.45, 2.75) is 83.0 Å². The number of rotatable bonds is 6. The molecule has 164 valence electrons. The largest absolute Gasteiger partial charge is 0.330 e. The van der Waals surface area contributed by atoms with Crippen LogP contribution >= 0.6 is 11.3 Å². The Labute approximate surface area is 187 Å². The Balaban J connectivity index is 1.53. The maximum atomic E-state index is 5.67. The van der Waals surface area contributed by atoms with E-state index in [9.17, 15) is 0 Å². The first-order chi connectivity index (χ1) is 14.3. The maximum absolute atomic E-state index is 5.67. The number of likely N-dealkylation sites (tertiary alicyclic amines) is 1. The van der Waals surface area contributed by atoms with Crippen LogP contribution in [-0.4, -0.2) is 36.1 Å². The monoisotopic (exact) mass is 425 g/mol. The van der Waals surface area contributed by atoms with E-state index in [1.54, 1.807) is 0 Å². The lowest BCUT2D eigenvalue weighted by molar-refractivity contribution is 0.204. The predicted molar refractivity (Wildman–Crippen MR) is 130 cm³/mol. The second-order valence-corrected chi connectivity index (χ2v) is 11.6. The third-order valence-corrected chi connectivity index (χ3v) is 8.46. The van der Waals surface area contributed by atoms with Gasteiger partial charge in [0.1, 0.15) is 0 Å². The van der Waals surface area contributed by atoms with Gasteiger partial charge in [0.25, 0.3) is 0 Å². The number of benzene rings is 1. The highest BCUT2D eigenvalue weighted by Gasteiger charge is 2.37. The van der Waals surface area contributed by atoms with Gasteiger partial charge in [0.15, 0.2) is 0 Å². The Morgan fingerprint density at radius 3 is 2.63 bits per heavy atom. The van der Waals surface area contributed by atoms with Crippen LogP contribution in [0.3, 0.4) is 0 Å². The summed E-state index contributed by atoms with van der Waals surface area (Å²) in [6, 6.07) is 7.13. The van der Waals surface area contributed by atoms with Crippen molar-refractivity contribution in [2.24, 2.45) is 5.73 Å². The molecule has 2 N–H and O–H groups in total. The molecule has 4 rings (SSSR count). The van der Waals surface area contributed by atoms with Crippen LogP contribution in [0.5, 0.6) is 0 Å². The molecule has 0 radical (unpaired) electrons. The SMILES string of the molecule is CC1(C)CCC(C)(C)c2cc(-c3csc(C4CCCN(CCCCN)C4)n3)ccc21. The number of hydrogen-bond acceptors (Lipinski definition) is 4. The second kappa shape index (κ2) is 8.72. The Morgan fingerprint density at radius 1 is 1.10 bits per heavy atom. The normalized spacial score (nSPS) is 23.3. The summed E-state index contributed by atoms with van der Waals surface area (Å²) < 4.78 is 0. The summed E-state index contributed by atoms with van der Waals surface area (Å²) in [6.45, 7) is 14.0. The van der Waals surface area contributed by atoms with Gasteiger partial charge in [0.2, 0.25) is 0 Å². The first-order valence-electron chi connectivity index (χ1n) is 11.8. The number of thiazole rings is 1. The Bertz CT molecular complexity index is 867. The molecular formula is C26H39N3S. The highest BCUT2D eigenvalue weighted by atomic mass is 32.1. The van der Waals surface area contributed by atoms with E-state index < -0.39 is 0 Å². The Morgan fingerprint density at radius 2 is 1.87 bits per heavy atom. The molecule has 1 aromatic heterocycles. The topological polar surface area (TPSA) is 42.1 Å². The minimum atomic E-state index is 0.243. The van der Waals surface area contributed by atoms with Gasteiger partial charge in [-0.1, -0.05) is 39.8 Å². The van der Waals surface area contributed by atoms with Crippen LogP contribution in [-0.2, 0) is 10.8 Å². The lowest BCUT2D eigenvalue weighted by atomic mass is 9.63. The van der Waals surface area contributed by atoms with Crippen molar-refractivity contribution in [2.75, 3.05) is 26.2 Å². The van der Waals surface area contributed by atoms with Gasteiger partial charge in [-0.05, 0) is 86.2 Å². The average molecular weight is 426 g/mol. The van der Waals surface area contributed by atoms with E-state index in [2.05, 4.69) is 56.2 Å². The van der Waals surface area contributed by atoms with Crippen molar-refractivity contribution in [3.8, 4) is 11.3 Å². The van der Waals surface area contributed by atoms with Crippen LogP contribution < -0.4 is 5.73 Å². The molecule has 1 atom stereocenters. The predicted octanol–water partition coefficient (Wildman–Crippen LogP) is 6.08. The van der Waals surface area contributed by atoms with E-state index >= 15 is 0 Å². The van der Waals surface area contributed by atoms with E-state index in [4.69, 9.17) is 10.7 Å². The molecule has 4 heteroatoms. The van der Waals surface area contributed by atoms with E-state index in [0.717, 1.165) is 25.2 Å². The summed E-state index contributed by atoms with van der Waals surface area (Å²) in [5.74, 6) is 0.586. The summed E-state index contributed by atoms with van der Waals surface area (Å²) in [5.41, 5.74) is 11.7. The molecule has 1 aliphatic heterocycles. The molecule has 0 amide bonds. The molecule has 2 aromatic rings. The lowest BCUT2D eigenvalue weighted by Gasteiger charge is -2.42. The van der Waals surface area contributed by atoms with E-state index in [-0.39, 0.29) is 10.8 Å². The van der Waals surface area contributed by atoms with Gasteiger partial charge in [-0.15, -0.1) is 11.3 Å². The fourth-order valence-electron chi connectivity index (χ4n) is 5.30. The molecule has 1 aliphatic carbocycles. The number of nitrogens with two attached hydrogens (primary N) is 1. The van der Waals surface area contributed by atoms with Crippen LogP contribution in [0.25, 0.3) is 11.3 Å². The fourth-order valence-corrected chi connectivity index (χ4v) is 6.25. The highest BCUT2D eigenvalue weighted by Crippen LogP contribution is 2.47. The van der Waals surface area contributed by atoms with Gasteiger partial charge in [0, 0.05) is 23.4 Å². The van der Waals surface area contributed by atoms with Crippen LogP contribution in [0.2, 0.25) is 0 Å². The maximum Gasteiger partial charge on any atom is 0.0976 e. The van der Waals surface area contributed by atoms with Gasteiger partial charge in [-0.25, -0.2) is 4.98 Å². The smallest absolute Gasteiger partial charge is 0.0976 e. The summed E-state index contributed by atoms with van der Waals surface area (Å²) in [6.07, 6.45) is 7.41. The lowest BCUT2D eigenvalue weighted by Crippen LogP contribution is -2.35. The summed E-state index contributed by atoms with van der Waals surface area (Å²) in [7, 11) is 0. The van der Waals surface area contributed by atoms with Gasteiger partial charge in [0.05, 0.1) is 10.7 Å². The Hall–Kier alpha value is -1.23. The first kappa shape index (κ1) is 22.0. The van der Waals surface area contributed by atoms with Crippen molar-refractivity contribution in [3.63, 3.8) is 0 Å². The number of hydrogen-bond donors (Lipinski definition) is 1. The number of nitrogens with zero attached hydrogens (tertiary/aromatic N) is 2. The highest BCUT2D eigenvalue weighted by molar-refractivity contribution is 7.10. The molecule has 1 saturated heterocycles. The number of aromatic nitrogens is 1. The number of fused-ring (bicyclic) bond motifs is 1. The molecular weight excluding hydrogens is 386 g/mol. The van der Waals surface area contributed by atoms with Gasteiger partial charge in [-0.2, -0.15) is 0 Å². The number of unbranched alkanes of at least 4 members (excludes halogenated alkanes) is 1. The van der Waals surface area contributed by atoms with Crippen LogP contribution in [0, 0.1) is 0 Å². The summed E-state index contributed by atoms with van der Waals surface area (Å²) >= 11 is 1.86. The molecule has 30 heavy (non-hydrogen) atoms. The minimum Gasteiger partial charge on any atom is -0.330 e. The van der Waals surface area contributed by atoms with Crippen molar-refractivity contribution < 1.29 is 0 Å². The van der Waals surface area contributed by atoms with Crippen LogP contribution in [0.15, 0.2) is 23.6 Å². The number of piperidine rings is 1. The zero-order valence-corrected chi connectivity index (χ0v) is 20.2. The van der Waals surface area contributed by atoms with Gasteiger partial charge < -0.3 is 10.6 Å². The molecule has 0 saturated carbocycles. The zero-order chi connectivity index (χ0) is 21.4. The van der Waals surface area contributed by atoms with Crippen molar-refractivity contribution in [1.29, 1.82) is 0 Å². The van der Waals surface area contributed by atoms with Gasteiger partial charge in [-0.3, -0.25) is 0 Å². The first-order valence-corrected chi connectivity index (χ1v) is 12.7. The zero-order valence-electron chi connectivity index (χ0n) is 19.3. The van der Waals surface area contributed by atoms with E-state index in [1.165, 1.54) is 66.9 Å². The quantitative estimate of drug-likeness (QED) is 0.571. The van der Waals surface area contributed by atoms with E-state index in [0.29, 0.717) is 5.92 Å². The van der Waals surface area contributed by atoms with Crippen molar-refractivity contribution >= 4 is 11.3 Å². The second-order valence-electron chi connectivity index (χ2n) is 10.7. The van der Waals surface area contributed by atoms with Crippen LogP contribution in [0.4, 0.5) is 0 Å². The standard InChI is InChI=1S/C26H39N3S/c1-25(2)11-12-26(3,4)22-16-19(9-10-21(22)25)23-18-30-24(28-23)20-8-7-15-29(17-20)14-6-5-13-27/h9-10,16,18,20H,5-8,11-15,17,27H2,1-4H3. The third-order valence-electron chi connectivity index (χ3n) is 7.45. The minimum absolute atomic E-state index is 0.243. The molecule has 1 fully saturated rings. The molecule has 1 unspecified atom stereocenters. The van der Waals surface area contributed by atoms with Gasteiger partial charge >= 0.3 is 0 Å². The van der Waals surface area contributed by atoms with E-state index in [1.807, 2.05) is 11.3 Å². The molecule has 2 heterocycles. The molecule has 1 aromatic carbocycles.